The molecule has 1 fully saturated rings. The number of hydrogen-bond donors (Lipinski definition) is 0. The van der Waals surface area contributed by atoms with Gasteiger partial charge in [0.05, 0.1) is 0 Å². The molecule has 5 nitrogen and oxygen atoms in total. The van der Waals surface area contributed by atoms with Gasteiger partial charge in [-0.15, -0.1) is 0 Å². The summed E-state index contributed by atoms with van der Waals surface area (Å²) in [6.07, 6.45) is -1.10. The van der Waals surface area contributed by atoms with Crippen LogP contribution in [0, 0.1) is 3.57 Å². The molecule has 3 aromatic rings. The van der Waals surface area contributed by atoms with Crippen LogP contribution in [-0.2, 0) is 27.3 Å². The first kappa shape index (κ1) is 21.4. The number of halogens is 1. The predicted octanol–water partition coefficient (Wildman–Crippen LogP) is 5.49. The molecule has 0 unspecified atom stereocenters. The van der Waals surface area contributed by atoms with E-state index in [-0.39, 0.29) is 6.61 Å². The van der Waals surface area contributed by atoms with E-state index >= 15 is 0 Å². The number of hydrogen-bond acceptors (Lipinski definition) is 4. The molecular weight excluding hydrogens is 505 g/mol. The standard InChI is InChI=1S/C25H22INO4/c1-25(16-18-12-14-21(26)15-13-18)23(28)31-22(20-10-6-3-7-11-20)27(25)24(29)30-17-19-8-4-2-5-9-19/h2-15,22H,16-17H2,1H3/t22-,25+/m1/s1. The molecular formula is C25H22INO4. The van der Waals surface area contributed by atoms with Crippen molar-refractivity contribution >= 4 is 34.7 Å². The lowest BCUT2D eigenvalue weighted by Gasteiger charge is -2.33. The zero-order valence-corrected chi connectivity index (χ0v) is 19.2. The molecule has 1 heterocycles. The minimum atomic E-state index is -1.19. The van der Waals surface area contributed by atoms with Crippen molar-refractivity contribution in [3.8, 4) is 0 Å². The highest BCUT2D eigenvalue weighted by Gasteiger charge is 2.55. The molecule has 1 aliphatic heterocycles. The van der Waals surface area contributed by atoms with Gasteiger partial charge in [0.1, 0.15) is 12.1 Å². The second-order valence-corrected chi connectivity index (χ2v) is 8.90. The van der Waals surface area contributed by atoms with Crippen LogP contribution in [0.4, 0.5) is 4.79 Å². The van der Waals surface area contributed by atoms with Crippen LogP contribution in [0.5, 0.6) is 0 Å². The van der Waals surface area contributed by atoms with Crippen LogP contribution in [0.25, 0.3) is 0 Å². The third kappa shape index (κ3) is 4.58. The second-order valence-electron chi connectivity index (χ2n) is 7.66. The highest BCUT2D eigenvalue weighted by atomic mass is 127. The molecule has 6 heteroatoms. The smallest absolute Gasteiger partial charge is 0.414 e. The number of carbonyl (C=O) groups excluding carboxylic acids is 2. The largest absolute Gasteiger partial charge is 0.444 e. The van der Waals surface area contributed by atoms with Crippen LogP contribution in [0.1, 0.15) is 29.8 Å². The quantitative estimate of drug-likeness (QED) is 0.326. The number of nitrogens with zero attached hydrogens (tertiary/aromatic N) is 1. The van der Waals surface area contributed by atoms with Gasteiger partial charge in [-0.3, -0.25) is 4.90 Å². The SMILES string of the molecule is C[C@]1(Cc2ccc(I)cc2)C(=O)O[C@H](c2ccccc2)N1C(=O)OCc1ccccc1. The fourth-order valence-electron chi connectivity index (χ4n) is 3.72. The van der Waals surface area contributed by atoms with Crippen molar-refractivity contribution in [1.82, 2.24) is 4.90 Å². The molecule has 0 spiro atoms. The van der Waals surface area contributed by atoms with Crippen molar-refractivity contribution in [2.24, 2.45) is 0 Å². The number of cyclic esters (lactones) is 1. The Kier molecular flexibility index (Phi) is 6.27. The van der Waals surface area contributed by atoms with Crippen LogP contribution in [0.15, 0.2) is 84.9 Å². The van der Waals surface area contributed by atoms with Gasteiger partial charge in [-0.25, -0.2) is 9.59 Å². The normalized spacial score (nSPS) is 20.4. The fraction of sp³-hybridized carbons (Fsp3) is 0.200. The predicted molar refractivity (Wildman–Crippen MR) is 125 cm³/mol. The number of amides is 1. The van der Waals surface area contributed by atoms with E-state index in [1.807, 2.05) is 84.9 Å². The zero-order valence-electron chi connectivity index (χ0n) is 17.0. The summed E-state index contributed by atoms with van der Waals surface area (Å²) in [7, 11) is 0. The molecule has 4 rings (SSSR count). The van der Waals surface area contributed by atoms with E-state index in [9.17, 15) is 9.59 Å². The Bertz CT molecular complexity index is 1060. The molecule has 0 radical (unpaired) electrons. The van der Waals surface area contributed by atoms with E-state index in [0.717, 1.165) is 20.3 Å². The van der Waals surface area contributed by atoms with Gasteiger partial charge >= 0.3 is 12.1 Å². The first-order chi connectivity index (χ1) is 15.0. The summed E-state index contributed by atoms with van der Waals surface area (Å²) in [4.78, 5) is 27.8. The molecule has 1 aliphatic rings. The summed E-state index contributed by atoms with van der Waals surface area (Å²) in [5, 5.41) is 0. The summed E-state index contributed by atoms with van der Waals surface area (Å²) in [6, 6.07) is 26.6. The highest BCUT2D eigenvalue weighted by Crippen LogP contribution is 2.40. The molecule has 31 heavy (non-hydrogen) atoms. The van der Waals surface area contributed by atoms with Crippen LogP contribution in [0.3, 0.4) is 0 Å². The maximum absolute atomic E-state index is 13.3. The molecule has 3 aromatic carbocycles. The molecule has 1 saturated heterocycles. The van der Waals surface area contributed by atoms with Crippen molar-refractivity contribution in [2.75, 3.05) is 0 Å². The Morgan fingerprint density at radius 1 is 0.968 bits per heavy atom. The van der Waals surface area contributed by atoms with Crippen molar-refractivity contribution < 1.29 is 19.1 Å². The topological polar surface area (TPSA) is 55.8 Å². The van der Waals surface area contributed by atoms with E-state index < -0.39 is 23.8 Å². The van der Waals surface area contributed by atoms with Crippen molar-refractivity contribution in [3.63, 3.8) is 0 Å². The lowest BCUT2D eigenvalue weighted by atomic mass is 9.91. The minimum absolute atomic E-state index is 0.117. The van der Waals surface area contributed by atoms with E-state index in [1.165, 1.54) is 4.90 Å². The Morgan fingerprint density at radius 2 is 1.58 bits per heavy atom. The van der Waals surface area contributed by atoms with Gasteiger partial charge < -0.3 is 9.47 Å². The number of benzene rings is 3. The van der Waals surface area contributed by atoms with Crippen LogP contribution in [-0.4, -0.2) is 22.5 Å². The average Bonchev–Trinajstić information content (AvgIpc) is 3.05. The number of ether oxygens (including phenoxy) is 2. The maximum atomic E-state index is 13.3. The third-order valence-corrected chi connectivity index (χ3v) is 6.09. The first-order valence-corrected chi connectivity index (χ1v) is 11.1. The van der Waals surface area contributed by atoms with Gasteiger partial charge in [-0.1, -0.05) is 72.8 Å². The minimum Gasteiger partial charge on any atom is -0.444 e. The van der Waals surface area contributed by atoms with E-state index in [1.54, 1.807) is 6.92 Å². The molecule has 2 atom stereocenters. The van der Waals surface area contributed by atoms with Crippen LogP contribution in [0.2, 0.25) is 0 Å². The van der Waals surface area contributed by atoms with E-state index in [0.29, 0.717) is 6.42 Å². The van der Waals surface area contributed by atoms with Crippen molar-refractivity contribution in [3.05, 3.63) is 105 Å². The van der Waals surface area contributed by atoms with Crippen molar-refractivity contribution in [1.29, 1.82) is 0 Å². The maximum Gasteiger partial charge on any atom is 0.414 e. The number of rotatable bonds is 5. The molecule has 0 aliphatic carbocycles. The molecule has 0 bridgehead atoms. The second kappa shape index (κ2) is 9.09. The molecule has 158 valence electrons. The summed E-state index contributed by atoms with van der Waals surface area (Å²) in [5.74, 6) is -0.448. The number of esters is 1. The van der Waals surface area contributed by atoms with Crippen LogP contribution >= 0.6 is 22.6 Å². The molecule has 0 aromatic heterocycles. The van der Waals surface area contributed by atoms with Gasteiger partial charge in [0.15, 0.2) is 0 Å². The summed E-state index contributed by atoms with van der Waals surface area (Å²) >= 11 is 2.23. The van der Waals surface area contributed by atoms with Crippen LogP contribution < -0.4 is 0 Å². The van der Waals surface area contributed by atoms with E-state index in [2.05, 4.69) is 22.6 Å². The third-order valence-electron chi connectivity index (χ3n) is 5.37. The fourth-order valence-corrected chi connectivity index (χ4v) is 4.08. The van der Waals surface area contributed by atoms with Crippen molar-refractivity contribution in [2.45, 2.75) is 31.7 Å². The lowest BCUT2D eigenvalue weighted by Crippen LogP contribution is -2.51. The van der Waals surface area contributed by atoms with Gasteiger partial charge in [-0.2, -0.15) is 0 Å². The van der Waals surface area contributed by atoms with Gasteiger partial charge in [0.2, 0.25) is 6.23 Å². The highest BCUT2D eigenvalue weighted by molar-refractivity contribution is 14.1. The molecule has 1 amide bonds. The Morgan fingerprint density at radius 3 is 2.23 bits per heavy atom. The summed E-state index contributed by atoms with van der Waals surface area (Å²) < 4.78 is 12.4. The lowest BCUT2D eigenvalue weighted by molar-refractivity contribution is -0.145. The Labute approximate surface area is 195 Å². The van der Waals surface area contributed by atoms with Gasteiger partial charge in [0, 0.05) is 15.6 Å². The Hall–Kier alpha value is -2.87. The van der Waals surface area contributed by atoms with E-state index in [4.69, 9.17) is 9.47 Å². The Balaban J connectivity index is 1.65. The number of carbonyl (C=O) groups is 2. The van der Waals surface area contributed by atoms with Gasteiger partial charge in [-0.05, 0) is 52.8 Å². The summed E-state index contributed by atoms with van der Waals surface area (Å²) in [6.45, 7) is 1.85. The zero-order chi connectivity index (χ0) is 21.8. The van der Waals surface area contributed by atoms with Gasteiger partial charge in [0.25, 0.3) is 0 Å². The monoisotopic (exact) mass is 527 g/mol. The summed E-state index contributed by atoms with van der Waals surface area (Å²) in [5.41, 5.74) is 1.34. The average molecular weight is 527 g/mol. The first-order valence-electron chi connectivity index (χ1n) is 9.98. The molecule has 0 saturated carbocycles. The molecule has 0 N–H and O–H groups in total.